The Bertz CT molecular complexity index is 690. The van der Waals surface area contributed by atoms with Gasteiger partial charge in [-0.3, -0.25) is 4.90 Å². The fraction of sp³-hybridized carbons (Fsp3) is 0.500. The molecular weight excluding hydrogens is 344 g/mol. The number of aliphatic hydroxyl groups excluding tert-OH is 3. The van der Waals surface area contributed by atoms with E-state index >= 15 is 0 Å². The lowest BCUT2D eigenvalue weighted by Crippen LogP contribution is -2.50. The lowest BCUT2D eigenvalue weighted by Gasteiger charge is -2.37. The number of hydrogen-bond acceptors (Lipinski definition) is 7. The fourth-order valence-corrected chi connectivity index (χ4v) is 3.35. The van der Waals surface area contributed by atoms with Crippen molar-refractivity contribution in [1.82, 2.24) is 14.9 Å². The normalized spacial score (nSPS) is 18.9. The highest BCUT2D eigenvalue weighted by molar-refractivity contribution is 5.29. The zero-order valence-corrected chi connectivity index (χ0v) is 15.6. The van der Waals surface area contributed by atoms with E-state index in [2.05, 4.69) is 19.8 Å². The van der Waals surface area contributed by atoms with Crippen molar-refractivity contribution in [1.29, 1.82) is 0 Å². The molecule has 7 heteroatoms. The lowest BCUT2D eigenvalue weighted by molar-refractivity contribution is 0.000865. The third-order valence-corrected chi connectivity index (χ3v) is 5.26. The zero-order chi connectivity index (χ0) is 19.2. The number of anilines is 1. The van der Waals surface area contributed by atoms with Crippen molar-refractivity contribution in [3.63, 3.8) is 0 Å². The summed E-state index contributed by atoms with van der Waals surface area (Å²) in [5.41, 5.74) is 1.56. The minimum atomic E-state index is -0.744. The van der Waals surface area contributed by atoms with Gasteiger partial charge in [-0.1, -0.05) is 31.2 Å². The number of benzene rings is 1. The molecule has 1 fully saturated rings. The zero-order valence-electron chi connectivity index (χ0n) is 15.6. The van der Waals surface area contributed by atoms with Crippen molar-refractivity contribution < 1.29 is 15.3 Å². The molecule has 3 atom stereocenters. The number of rotatable bonds is 7. The molecule has 2 aromatic rings. The van der Waals surface area contributed by atoms with E-state index in [0.29, 0.717) is 6.54 Å². The fourth-order valence-electron chi connectivity index (χ4n) is 3.35. The second-order valence-corrected chi connectivity index (χ2v) is 7.11. The molecule has 146 valence electrons. The quantitative estimate of drug-likeness (QED) is 0.663. The molecule has 1 saturated heterocycles. The Morgan fingerprint density at radius 3 is 2.22 bits per heavy atom. The predicted octanol–water partition coefficient (Wildman–Crippen LogP) is 0.821. The topological polar surface area (TPSA) is 93.0 Å². The molecule has 1 aromatic carbocycles. The Kier molecular flexibility index (Phi) is 6.73. The van der Waals surface area contributed by atoms with Crippen LogP contribution in [-0.2, 0) is 6.61 Å². The molecule has 0 spiro atoms. The minimum Gasteiger partial charge on any atom is -0.392 e. The van der Waals surface area contributed by atoms with E-state index in [1.807, 2.05) is 6.92 Å². The summed E-state index contributed by atoms with van der Waals surface area (Å²) in [6, 6.07) is 9.00. The van der Waals surface area contributed by atoms with E-state index in [1.165, 1.54) is 0 Å². The third kappa shape index (κ3) is 5.01. The van der Waals surface area contributed by atoms with Gasteiger partial charge in [0.1, 0.15) is 0 Å². The highest BCUT2D eigenvalue weighted by Gasteiger charge is 2.27. The largest absolute Gasteiger partial charge is 0.392 e. The van der Waals surface area contributed by atoms with Gasteiger partial charge in [0.15, 0.2) is 0 Å². The summed E-state index contributed by atoms with van der Waals surface area (Å²) in [6.45, 7) is 5.65. The molecule has 1 aliphatic heterocycles. The molecule has 0 bridgehead atoms. The SMILES string of the molecule is C[C@@H]([C@H](O)CN1CCN(c2ncccn2)CC1)[C@@H](O)c1ccc(CO)cc1. The van der Waals surface area contributed by atoms with Gasteiger partial charge in [-0.15, -0.1) is 0 Å². The Hall–Kier alpha value is -2.06. The van der Waals surface area contributed by atoms with Crippen LogP contribution < -0.4 is 4.90 Å². The van der Waals surface area contributed by atoms with E-state index in [-0.39, 0.29) is 12.5 Å². The molecular formula is C20H28N4O3. The molecule has 0 amide bonds. The second kappa shape index (κ2) is 9.23. The van der Waals surface area contributed by atoms with E-state index in [0.717, 1.165) is 43.3 Å². The molecule has 0 radical (unpaired) electrons. The van der Waals surface area contributed by atoms with Crippen LogP contribution in [-0.4, -0.2) is 69.0 Å². The highest BCUT2D eigenvalue weighted by Crippen LogP contribution is 2.25. The number of hydrogen-bond donors (Lipinski definition) is 3. The van der Waals surface area contributed by atoms with Crippen LogP contribution in [0.2, 0.25) is 0 Å². The maximum Gasteiger partial charge on any atom is 0.225 e. The van der Waals surface area contributed by atoms with Crippen molar-refractivity contribution in [2.45, 2.75) is 25.7 Å². The summed E-state index contributed by atoms with van der Waals surface area (Å²) in [5.74, 6) is 0.452. The first-order valence-corrected chi connectivity index (χ1v) is 9.38. The Morgan fingerprint density at radius 2 is 1.63 bits per heavy atom. The molecule has 27 heavy (non-hydrogen) atoms. The number of nitrogens with zero attached hydrogens (tertiary/aromatic N) is 4. The first-order chi connectivity index (χ1) is 13.1. The summed E-state index contributed by atoms with van der Waals surface area (Å²) in [4.78, 5) is 12.9. The van der Waals surface area contributed by atoms with Gasteiger partial charge < -0.3 is 20.2 Å². The molecule has 0 aliphatic carbocycles. The molecule has 1 aliphatic rings. The van der Waals surface area contributed by atoms with Crippen LogP contribution in [0.5, 0.6) is 0 Å². The first kappa shape index (κ1) is 19.7. The summed E-state index contributed by atoms with van der Waals surface area (Å²) in [7, 11) is 0. The Balaban J connectivity index is 1.50. The average Bonchev–Trinajstić information content (AvgIpc) is 2.74. The molecule has 2 heterocycles. The summed E-state index contributed by atoms with van der Waals surface area (Å²) >= 11 is 0. The number of β-amino-alcohol motifs (C(OH)–C–C–N with tert-alkyl or cyclic N) is 1. The van der Waals surface area contributed by atoms with Crippen molar-refractivity contribution in [2.24, 2.45) is 5.92 Å². The van der Waals surface area contributed by atoms with Crippen LogP contribution in [0.25, 0.3) is 0 Å². The van der Waals surface area contributed by atoms with E-state index in [4.69, 9.17) is 5.11 Å². The van der Waals surface area contributed by atoms with Gasteiger partial charge in [0, 0.05) is 51.0 Å². The second-order valence-electron chi connectivity index (χ2n) is 7.11. The van der Waals surface area contributed by atoms with Gasteiger partial charge in [0.05, 0.1) is 18.8 Å². The van der Waals surface area contributed by atoms with E-state index < -0.39 is 12.2 Å². The van der Waals surface area contributed by atoms with Gasteiger partial charge >= 0.3 is 0 Å². The summed E-state index contributed by atoms with van der Waals surface area (Å²) in [5, 5.41) is 30.3. The van der Waals surface area contributed by atoms with Crippen molar-refractivity contribution in [3.8, 4) is 0 Å². The van der Waals surface area contributed by atoms with Crippen LogP contribution in [0.1, 0.15) is 24.2 Å². The maximum absolute atomic E-state index is 10.6. The first-order valence-electron chi connectivity index (χ1n) is 9.38. The van der Waals surface area contributed by atoms with Gasteiger partial charge in [0.25, 0.3) is 0 Å². The highest BCUT2D eigenvalue weighted by atomic mass is 16.3. The number of aromatic nitrogens is 2. The lowest BCUT2D eigenvalue weighted by atomic mass is 9.91. The van der Waals surface area contributed by atoms with Crippen molar-refractivity contribution >= 4 is 5.95 Å². The van der Waals surface area contributed by atoms with Crippen molar-refractivity contribution in [2.75, 3.05) is 37.6 Å². The Labute approximate surface area is 159 Å². The third-order valence-electron chi connectivity index (χ3n) is 5.26. The molecule has 7 nitrogen and oxygen atoms in total. The van der Waals surface area contributed by atoms with Gasteiger partial charge in [-0.05, 0) is 17.2 Å². The summed E-state index contributed by atoms with van der Waals surface area (Å²) < 4.78 is 0. The van der Waals surface area contributed by atoms with E-state index in [1.54, 1.807) is 42.7 Å². The molecule has 3 rings (SSSR count). The van der Waals surface area contributed by atoms with Crippen LogP contribution in [0.4, 0.5) is 5.95 Å². The van der Waals surface area contributed by atoms with E-state index in [9.17, 15) is 10.2 Å². The number of aliphatic hydroxyl groups is 3. The predicted molar refractivity (Wildman–Crippen MR) is 103 cm³/mol. The molecule has 1 aromatic heterocycles. The molecule has 3 N–H and O–H groups in total. The molecule has 0 saturated carbocycles. The number of piperazine rings is 1. The minimum absolute atomic E-state index is 0.0193. The smallest absolute Gasteiger partial charge is 0.225 e. The Morgan fingerprint density at radius 1 is 1.00 bits per heavy atom. The standard InChI is InChI=1S/C20H28N4O3/c1-15(19(27)17-5-3-16(14-25)4-6-17)18(26)13-23-9-11-24(12-10-23)20-21-7-2-8-22-20/h2-8,15,18-19,25-27H,9-14H2,1H3/t15-,18+,19+/m0/s1. The summed E-state index contributed by atoms with van der Waals surface area (Å²) in [6.07, 6.45) is 2.12. The van der Waals surface area contributed by atoms with Crippen LogP contribution >= 0.6 is 0 Å². The van der Waals surface area contributed by atoms with Crippen molar-refractivity contribution in [3.05, 3.63) is 53.9 Å². The monoisotopic (exact) mass is 372 g/mol. The van der Waals surface area contributed by atoms with Gasteiger partial charge in [-0.25, -0.2) is 9.97 Å². The molecule has 0 unspecified atom stereocenters. The van der Waals surface area contributed by atoms with Gasteiger partial charge in [-0.2, -0.15) is 0 Å². The van der Waals surface area contributed by atoms with Crippen LogP contribution in [0.15, 0.2) is 42.7 Å². The van der Waals surface area contributed by atoms with Crippen LogP contribution in [0.3, 0.4) is 0 Å². The van der Waals surface area contributed by atoms with Crippen LogP contribution in [0, 0.1) is 5.92 Å². The van der Waals surface area contributed by atoms with Gasteiger partial charge in [0.2, 0.25) is 5.95 Å². The average molecular weight is 372 g/mol. The maximum atomic E-state index is 10.6.